The Labute approximate surface area is 200 Å². The molecule has 0 atom stereocenters. The van der Waals surface area contributed by atoms with Gasteiger partial charge in [0, 0.05) is 23.1 Å². The number of methoxy groups -OCH3 is 1. The van der Waals surface area contributed by atoms with Crippen molar-refractivity contribution < 1.29 is 14.3 Å². The quantitative estimate of drug-likeness (QED) is 0.256. The van der Waals surface area contributed by atoms with Crippen molar-refractivity contribution in [2.45, 2.75) is 25.7 Å². The first-order chi connectivity index (χ1) is 15.0. The number of thiocarbonyl (C=S) groups is 1. The fourth-order valence-corrected chi connectivity index (χ4v) is 4.80. The van der Waals surface area contributed by atoms with Crippen molar-refractivity contribution in [3.8, 4) is 5.75 Å². The van der Waals surface area contributed by atoms with Gasteiger partial charge < -0.3 is 10.1 Å². The molecule has 1 aliphatic heterocycles. The van der Waals surface area contributed by atoms with Crippen molar-refractivity contribution in [1.29, 1.82) is 0 Å². The third-order valence-corrected chi connectivity index (χ3v) is 6.55. The summed E-state index contributed by atoms with van der Waals surface area (Å²) in [4.78, 5) is 27.1. The third kappa shape index (κ3) is 6.92. The highest BCUT2D eigenvalue weighted by molar-refractivity contribution is 9.10. The average molecular weight is 519 g/mol. The predicted octanol–water partition coefficient (Wildman–Crippen LogP) is 5.86. The van der Waals surface area contributed by atoms with Crippen LogP contribution in [0.5, 0.6) is 5.75 Å². The SMILES string of the molecule is COc1ccc(NC(=O)CCCCCN2C(=O)/C(=C/c3cccc(Br)c3)SC2=S)cc1. The number of benzene rings is 2. The number of hydrogen-bond acceptors (Lipinski definition) is 5. The Morgan fingerprint density at radius 3 is 2.68 bits per heavy atom. The van der Waals surface area contributed by atoms with Crippen molar-refractivity contribution >= 4 is 67.8 Å². The van der Waals surface area contributed by atoms with Crippen LogP contribution in [0.1, 0.15) is 31.2 Å². The van der Waals surface area contributed by atoms with Crippen LogP contribution >= 0.6 is 39.9 Å². The summed E-state index contributed by atoms with van der Waals surface area (Å²) in [5.41, 5.74) is 1.71. The van der Waals surface area contributed by atoms with E-state index in [0.717, 1.165) is 40.7 Å². The highest BCUT2D eigenvalue weighted by atomic mass is 79.9. The van der Waals surface area contributed by atoms with Gasteiger partial charge in [0.05, 0.1) is 12.0 Å². The van der Waals surface area contributed by atoms with E-state index < -0.39 is 0 Å². The molecular formula is C23H23BrN2O3S2. The van der Waals surface area contributed by atoms with Crippen LogP contribution in [0.4, 0.5) is 5.69 Å². The smallest absolute Gasteiger partial charge is 0.266 e. The Balaban J connectivity index is 1.40. The minimum absolute atomic E-state index is 0.0206. The maximum Gasteiger partial charge on any atom is 0.266 e. The lowest BCUT2D eigenvalue weighted by Crippen LogP contribution is -2.29. The fourth-order valence-electron chi connectivity index (χ4n) is 3.07. The maximum absolute atomic E-state index is 12.7. The van der Waals surface area contributed by atoms with Gasteiger partial charge >= 0.3 is 0 Å². The van der Waals surface area contributed by atoms with Crippen LogP contribution in [0.3, 0.4) is 0 Å². The second-order valence-electron chi connectivity index (χ2n) is 6.98. The molecule has 3 rings (SSSR count). The molecular weight excluding hydrogens is 496 g/mol. The lowest BCUT2D eigenvalue weighted by molar-refractivity contribution is -0.122. The molecule has 1 heterocycles. The van der Waals surface area contributed by atoms with Gasteiger partial charge in [-0.2, -0.15) is 0 Å². The van der Waals surface area contributed by atoms with Gasteiger partial charge in [0.2, 0.25) is 5.91 Å². The van der Waals surface area contributed by atoms with E-state index >= 15 is 0 Å². The zero-order chi connectivity index (χ0) is 22.2. The molecule has 1 N–H and O–H groups in total. The molecule has 2 amide bonds. The molecule has 0 aromatic heterocycles. The van der Waals surface area contributed by atoms with Crippen LogP contribution < -0.4 is 10.1 Å². The van der Waals surface area contributed by atoms with Gasteiger partial charge in [-0.25, -0.2) is 0 Å². The molecule has 0 unspecified atom stereocenters. The number of unbranched alkanes of at least 4 members (excludes halogenated alkanes) is 2. The summed E-state index contributed by atoms with van der Waals surface area (Å²) in [6.45, 7) is 0.570. The number of thioether (sulfide) groups is 1. The number of rotatable bonds is 9. The number of carbonyl (C=O) groups is 2. The van der Waals surface area contributed by atoms with Crippen LogP contribution in [-0.2, 0) is 9.59 Å². The molecule has 2 aromatic rings. The predicted molar refractivity (Wildman–Crippen MR) is 134 cm³/mol. The monoisotopic (exact) mass is 518 g/mol. The lowest BCUT2D eigenvalue weighted by Gasteiger charge is -2.14. The van der Waals surface area contributed by atoms with E-state index in [2.05, 4.69) is 21.2 Å². The first-order valence-electron chi connectivity index (χ1n) is 9.91. The minimum Gasteiger partial charge on any atom is -0.497 e. The number of carbonyl (C=O) groups excluding carboxylic acids is 2. The third-order valence-electron chi connectivity index (χ3n) is 4.68. The van der Waals surface area contributed by atoms with Gasteiger partial charge in [0.1, 0.15) is 10.1 Å². The Hall–Kier alpha value is -2.16. The van der Waals surface area contributed by atoms with Crippen molar-refractivity contribution in [2.24, 2.45) is 0 Å². The van der Waals surface area contributed by atoms with E-state index in [4.69, 9.17) is 17.0 Å². The zero-order valence-electron chi connectivity index (χ0n) is 17.1. The molecule has 162 valence electrons. The van der Waals surface area contributed by atoms with Crippen molar-refractivity contribution in [1.82, 2.24) is 4.90 Å². The van der Waals surface area contributed by atoms with Gasteiger partial charge in [-0.3, -0.25) is 14.5 Å². The Kier molecular flexibility index (Phi) is 8.69. The lowest BCUT2D eigenvalue weighted by atomic mass is 10.1. The summed E-state index contributed by atoms with van der Waals surface area (Å²) in [6, 6.07) is 15.0. The number of nitrogens with zero attached hydrogens (tertiary/aromatic N) is 1. The topological polar surface area (TPSA) is 58.6 Å². The molecule has 2 aromatic carbocycles. The van der Waals surface area contributed by atoms with E-state index in [0.29, 0.717) is 22.2 Å². The van der Waals surface area contributed by atoms with Crippen LogP contribution in [0.2, 0.25) is 0 Å². The number of hydrogen-bond donors (Lipinski definition) is 1. The number of nitrogens with one attached hydrogen (secondary N) is 1. The molecule has 1 aliphatic rings. The van der Waals surface area contributed by atoms with Gasteiger partial charge in [-0.05, 0) is 60.9 Å². The number of halogens is 1. The molecule has 1 fully saturated rings. The summed E-state index contributed by atoms with van der Waals surface area (Å²) in [5, 5.41) is 2.88. The Morgan fingerprint density at radius 1 is 1.19 bits per heavy atom. The average Bonchev–Trinajstić information content (AvgIpc) is 3.01. The van der Waals surface area contributed by atoms with Crippen molar-refractivity contribution in [2.75, 3.05) is 19.0 Å². The van der Waals surface area contributed by atoms with Gasteiger partial charge in [-0.15, -0.1) is 0 Å². The second kappa shape index (κ2) is 11.5. The van der Waals surface area contributed by atoms with E-state index in [1.54, 1.807) is 12.0 Å². The highest BCUT2D eigenvalue weighted by Gasteiger charge is 2.31. The normalized spacial score (nSPS) is 14.9. The summed E-state index contributed by atoms with van der Waals surface area (Å²) < 4.78 is 6.66. The van der Waals surface area contributed by atoms with E-state index in [9.17, 15) is 9.59 Å². The molecule has 0 aliphatic carbocycles. The molecule has 5 nitrogen and oxygen atoms in total. The van der Waals surface area contributed by atoms with Gasteiger partial charge in [0.15, 0.2) is 0 Å². The fraction of sp³-hybridized carbons (Fsp3) is 0.261. The van der Waals surface area contributed by atoms with Crippen LogP contribution in [0, 0.1) is 0 Å². The van der Waals surface area contributed by atoms with E-state index in [1.165, 1.54) is 11.8 Å². The molecule has 31 heavy (non-hydrogen) atoms. The van der Waals surface area contributed by atoms with E-state index in [1.807, 2.05) is 54.6 Å². The maximum atomic E-state index is 12.7. The number of ether oxygens (including phenoxy) is 1. The molecule has 1 saturated heterocycles. The second-order valence-corrected chi connectivity index (χ2v) is 9.57. The summed E-state index contributed by atoms with van der Waals surface area (Å²) in [5.74, 6) is 0.681. The van der Waals surface area contributed by atoms with Crippen LogP contribution in [0.25, 0.3) is 6.08 Å². The largest absolute Gasteiger partial charge is 0.497 e. The first kappa shape index (κ1) is 23.5. The Morgan fingerprint density at radius 2 is 1.97 bits per heavy atom. The summed E-state index contributed by atoms with van der Waals surface area (Å²) in [7, 11) is 1.61. The summed E-state index contributed by atoms with van der Waals surface area (Å²) >= 11 is 10.2. The molecule has 8 heteroatoms. The van der Waals surface area contributed by atoms with Crippen molar-refractivity contribution in [3.05, 3.63) is 63.5 Å². The highest BCUT2D eigenvalue weighted by Crippen LogP contribution is 2.33. The molecule has 0 radical (unpaired) electrons. The minimum atomic E-state index is -0.0489. The number of anilines is 1. The standard InChI is InChI=1S/C23H23BrN2O3S2/c1-29-19-11-9-18(10-12-19)25-21(27)8-3-2-4-13-26-22(28)20(31-23(26)30)15-16-6-5-7-17(24)14-16/h5-7,9-12,14-15H,2-4,8,13H2,1H3,(H,25,27)/b20-15-. The van der Waals surface area contributed by atoms with Crippen LogP contribution in [-0.4, -0.2) is 34.7 Å². The number of amides is 2. The Bertz CT molecular complexity index is 993. The first-order valence-corrected chi connectivity index (χ1v) is 11.9. The zero-order valence-corrected chi connectivity index (χ0v) is 20.3. The van der Waals surface area contributed by atoms with Crippen LogP contribution in [0.15, 0.2) is 57.9 Å². The van der Waals surface area contributed by atoms with Crippen molar-refractivity contribution in [3.63, 3.8) is 0 Å². The van der Waals surface area contributed by atoms with E-state index in [-0.39, 0.29) is 11.8 Å². The molecule has 0 bridgehead atoms. The van der Waals surface area contributed by atoms with Gasteiger partial charge in [0.25, 0.3) is 5.91 Å². The molecule has 0 spiro atoms. The van der Waals surface area contributed by atoms with Gasteiger partial charge in [-0.1, -0.05) is 58.5 Å². The summed E-state index contributed by atoms with van der Waals surface area (Å²) in [6.07, 6.45) is 4.70. The molecule has 0 saturated carbocycles.